The second-order valence-corrected chi connectivity index (χ2v) is 3.87. The van der Waals surface area contributed by atoms with Crippen molar-refractivity contribution in [2.75, 3.05) is 27.3 Å². The van der Waals surface area contributed by atoms with Crippen LogP contribution in [0.3, 0.4) is 0 Å². The van der Waals surface area contributed by atoms with E-state index in [0.29, 0.717) is 19.6 Å². The van der Waals surface area contributed by atoms with Crippen molar-refractivity contribution in [3.05, 3.63) is 0 Å². The number of hydrogen-bond donors (Lipinski definition) is 0. The quantitative estimate of drug-likeness (QED) is 0.626. The van der Waals surface area contributed by atoms with Crippen LogP contribution in [0, 0.1) is 16.7 Å². The highest BCUT2D eigenvalue weighted by Crippen LogP contribution is 2.22. The normalized spacial score (nSPS) is 14.1. The standard InChI is InChI=1S/C11H20N2O2/c1-5-11(2,9-12)10(14)13(3)7-6-8-15-4/h5-8H2,1-4H3. The second-order valence-electron chi connectivity index (χ2n) is 3.87. The molecule has 0 aliphatic carbocycles. The Morgan fingerprint density at radius 3 is 2.60 bits per heavy atom. The van der Waals surface area contributed by atoms with Crippen molar-refractivity contribution >= 4 is 5.91 Å². The summed E-state index contributed by atoms with van der Waals surface area (Å²) in [5, 5.41) is 8.95. The molecule has 0 radical (unpaired) electrons. The zero-order chi connectivity index (χ0) is 11.9. The van der Waals surface area contributed by atoms with Crippen molar-refractivity contribution in [1.82, 2.24) is 4.90 Å². The van der Waals surface area contributed by atoms with E-state index >= 15 is 0 Å². The highest BCUT2D eigenvalue weighted by atomic mass is 16.5. The molecule has 1 amide bonds. The fourth-order valence-electron chi connectivity index (χ4n) is 1.25. The number of ether oxygens (including phenoxy) is 1. The zero-order valence-electron chi connectivity index (χ0n) is 10.0. The first-order chi connectivity index (χ1) is 7.01. The van der Waals surface area contributed by atoms with Gasteiger partial charge in [-0.25, -0.2) is 0 Å². The van der Waals surface area contributed by atoms with E-state index in [9.17, 15) is 4.79 Å². The lowest BCUT2D eigenvalue weighted by Gasteiger charge is -2.25. The zero-order valence-corrected chi connectivity index (χ0v) is 10.0. The molecule has 0 aromatic rings. The summed E-state index contributed by atoms with van der Waals surface area (Å²) >= 11 is 0. The SMILES string of the molecule is CCC(C)(C#N)C(=O)N(C)CCCOC. The lowest BCUT2D eigenvalue weighted by Crippen LogP contribution is -2.39. The molecule has 0 N–H and O–H groups in total. The Labute approximate surface area is 91.8 Å². The molecule has 0 bridgehead atoms. The maximum Gasteiger partial charge on any atom is 0.242 e. The molecular weight excluding hydrogens is 192 g/mol. The van der Waals surface area contributed by atoms with Crippen molar-refractivity contribution in [3.8, 4) is 6.07 Å². The fraction of sp³-hybridized carbons (Fsp3) is 0.818. The molecule has 0 saturated heterocycles. The van der Waals surface area contributed by atoms with E-state index in [1.54, 1.807) is 26.0 Å². The third kappa shape index (κ3) is 3.88. The first kappa shape index (κ1) is 13.9. The third-order valence-corrected chi connectivity index (χ3v) is 2.61. The highest BCUT2D eigenvalue weighted by Gasteiger charge is 2.33. The van der Waals surface area contributed by atoms with Gasteiger partial charge in [0.2, 0.25) is 5.91 Å². The molecule has 0 aromatic heterocycles. The Morgan fingerprint density at radius 1 is 1.60 bits per heavy atom. The summed E-state index contributed by atoms with van der Waals surface area (Å²) < 4.78 is 4.91. The van der Waals surface area contributed by atoms with Crippen LogP contribution in [0.1, 0.15) is 26.7 Å². The molecule has 0 aromatic carbocycles. The van der Waals surface area contributed by atoms with E-state index < -0.39 is 5.41 Å². The number of carbonyl (C=O) groups is 1. The second kappa shape index (κ2) is 6.41. The lowest BCUT2D eigenvalue weighted by molar-refractivity contribution is -0.137. The van der Waals surface area contributed by atoms with Crippen LogP contribution in [0.25, 0.3) is 0 Å². The van der Waals surface area contributed by atoms with Crippen molar-refractivity contribution in [2.24, 2.45) is 5.41 Å². The van der Waals surface area contributed by atoms with Gasteiger partial charge in [0.05, 0.1) is 6.07 Å². The van der Waals surface area contributed by atoms with E-state index in [1.165, 1.54) is 0 Å². The van der Waals surface area contributed by atoms with Crippen LogP contribution >= 0.6 is 0 Å². The minimum atomic E-state index is -0.887. The van der Waals surface area contributed by atoms with E-state index in [0.717, 1.165) is 6.42 Å². The topological polar surface area (TPSA) is 53.3 Å². The largest absolute Gasteiger partial charge is 0.385 e. The van der Waals surface area contributed by atoms with Gasteiger partial charge in [-0.05, 0) is 19.8 Å². The molecule has 0 aliphatic heterocycles. The average molecular weight is 212 g/mol. The van der Waals surface area contributed by atoms with Gasteiger partial charge < -0.3 is 9.64 Å². The summed E-state index contributed by atoms with van der Waals surface area (Å²) in [6, 6.07) is 2.08. The fourth-order valence-corrected chi connectivity index (χ4v) is 1.25. The Bertz CT molecular complexity index is 247. The van der Waals surface area contributed by atoms with E-state index in [1.807, 2.05) is 6.92 Å². The highest BCUT2D eigenvalue weighted by molar-refractivity contribution is 5.84. The van der Waals surface area contributed by atoms with Crippen LogP contribution in [0.4, 0.5) is 0 Å². The molecular formula is C11H20N2O2. The summed E-state index contributed by atoms with van der Waals surface area (Å²) in [4.78, 5) is 13.5. The van der Waals surface area contributed by atoms with Gasteiger partial charge in [-0.3, -0.25) is 4.79 Å². The maximum atomic E-state index is 11.9. The van der Waals surface area contributed by atoms with Gasteiger partial charge in [0.1, 0.15) is 5.41 Å². The Balaban J connectivity index is 4.25. The maximum absolute atomic E-state index is 11.9. The molecule has 0 fully saturated rings. The summed E-state index contributed by atoms with van der Waals surface area (Å²) in [5.74, 6) is -0.108. The molecule has 0 heterocycles. The third-order valence-electron chi connectivity index (χ3n) is 2.61. The van der Waals surface area contributed by atoms with Crippen LogP contribution in [-0.2, 0) is 9.53 Å². The number of carbonyl (C=O) groups excluding carboxylic acids is 1. The molecule has 0 saturated carbocycles. The van der Waals surface area contributed by atoms with Crippen molar-refractivity contribution in [1.29, 1.82) is 5.26 Å². The van der Waals surface area contributed by atoms with Gasteiger partial charge >= 0.3 is 0 Å². The van der Waals surface area contributed by atoms with Crippen LogP contribution in [0.5, 0.6) is 0 Å². The van der Waals surface area contributed by atoms with Crippen LogP contribution in [0.2, 0.25) is 0 Å². The van der Waals surface area contributed by atoms with Gasteiger partial charge in [-0.1, -0.05) is 6.92 Å². The van der Waals surface area contributed by atoms with E-state index in [2.05, 4.69) is 6.07 Å². The van der Waals surface area contributed by atoms with Crippen LogP contribution in [-0.4, -0.2) is 38.1 Å². The van der Waals surface area contributed by atoms with Gasteiger partial charge in [-0.2, -0.15) is 5.26 Å². The Morgan fingerprint density at radius 2 is 2.20 bits per heavy atom. The molecule has 15 heavy (non-hydrogen) atoms. The smallest absolute Gasteiger partial charge is 0.242 e. The number of nitrogens with zero attached hydrogens (tertiary/aromatic N) is 2. The van der Waals surface area contributed by atoms with Crippen molar-refractivity contribution in [3.63, 3.8) is 0 Å². The molecule has 1 atom stereocenters. The lowest BCUT2D eigenvalue weighted by atomic mass is 9.88. The predicted molar refractivity (Wildman–Crippen MR) is 58.1 cm³/mol. The number of amides is 1. The summed E-state index contributed by atoms with van der Waals surface area (Å²) in [7, 11) is 3.36. The first-order valence-electron chi connectivity index (χ1n) is 5.17. The predicted octanol–water partition coefficient (Wildman–Crippen LogP) is 1.42. The molecule has 4 nitrogen and oxygen atoms in total. The van der Waals surface area contributed by atoms with Crippen LogP contribution < -0.4 is 0 Å². The molecule has 0 aliphatic rings. The van der Waals surface area contributed by atoms with Gasteiger partial charge in [0.15, 0.2) is 0 Å². The van der Waals surface area contributed by atoms with Crippen LogP contribution in [0.15, 0.2) is 0 Å². The Kier molecular flexibility index (Phi) is 5.95. The van der Waals surface area contributed by atoms with Crippen molar-refractivity contribution < 1.29 is 9.53 Å². The van der Waals surface area contributed by atoms with Crippen molar-refractivity contribution in [2.45, 2.75) is 26.7 Å². The summed E-state index contributed by atoms with van der Waals surface area (Å²) in [6.07, 6.45) is 1.33. The number of nitriles is 1. The van der Waals surface area contributed by atoms with Gasteiger partial charge in [0, 0.05) is 27.3 Å². The number of rotatable bonds is 6. The minimum absolute atomic E-state index is 0.108. The van der Waals surface area contributed by atoms with Gasteiger partial charge in [0.25, 0.3) is 0 Å². The van der Waals surface area contributed by atoms with E-state index in [4.69, 9.17) is 10.00 Å². The monoisotopic (exact) mass is 212 g/mol. The first-order valence-corrected chi connectivity index (χ1v) is 5.17. The van der Waals surface area contributed by atoms with E-state index in [-0.39, 0.29) is 5.91 Å². The minimum Gasteiger partial charge on any atom is -0.385 e. The number of hydrogen-bond acceptors (Lipinski definition) is 3. The molecule has 86 valence electrons. The molecule has 4 heteroatoms. The summed E-state index contributed by atoms with van der Waals surface area (Å²) in [5.41, 5.74) is -0.887. The Hall–Kier alpha value is -1.08. The molecule has 0 spiro atoms. The summed E-state index contributed by atoms with van der Waals surface area (Å²) in [6.45, 7) is 4.79. The van der Waals surface area contributed by atoms with Gasteiger partial charge in [-0.15, -0.1) is 0 Å². The number of methoxy groups -OCH3 is 1. The average Bonchev–Trinajstić information content (AvgIpc) is 2.27. The molecule has 0 rings (SSSR count). The molecule has 1 unspecified atom stereocenters.